The lowest BCUT2D eigenvalue weighted by molar-refractivity contribution is 0.151. The molecule has 1 N–H and O–H groups in total. The summed E-state index contributed by atoms with van der Waals surface area (Å²) in [4.78, 5) is 0. The second-order valence-electron chi connectivity index (χ2n) is 5.27. The number of rotatable bonds is 3. The van der Waals surface area contributed by atoms with E-state index in [2.05, 4.69) is 19.6 Å². The lowest BCUT2D eigenvalue weighted by Crippen LogP contribution is -2.29. The molecule has 0 heterocycles. The van der Waals surface area contributed by atoms with Gasteiger partial charge in [0.1, 0.15) is 5.75 Å². The van der Waals surface area contributed by atoms with Gasteiger partial charge in [-0.05, 0) is 50.2 Å². The average molecular weight is 222 g/mol. The average Bonchev–Trinajstić information content (AvgIpc) is 2.83. The van der Waals surface area contributed by atoms with E-state index in [1.54, 1.807) is 0 Å². The largest absolute Gasteiger partial charge is 0.544 e. The zero-order valence-electron chi connectivity index (χ0n) is 9.58. The van der Waals surface area contributed by atoms with E-state index in [4.69, 9.17) is 4.43 Å². The molecule has 0 spiro atoms. The van der Waals surface area contributed by atoms with E-state index in [0.717, 1.165) is 24.2 Å². The Hall–Kier alpha value is -0.803. The summed E-state index contributed by atoms with van der Waals surface area (Å²) in [6.45, 7) is 6.49. The second-order valence-corrected chi connectivity index (χ2v) is 9.70. The van der Waals surface area contributed by atoms with Gasteiger partial charge in [-0.1, -0.05) is 12.1 Å². The summed E-state index contributed by atoms with van der Waals surface area (Å²) in [6, 6.07) is 7.87. The van der Waals surface area contributed by atoms with Gasteiger partial charge in [0.2, 0.25) is 8.32 Å². The lowest BCUT2D eigenvalue weighted by Gasteiger charge is -2.19. The summed E-state index contributed by atoms with van der Waals surface area (Å²) in [7, 11) is -1.51. The van der Waals surface area contributed by atoms with E-state index in [9.17, 15) is 5.11 Å². The maximum Gasteiger partial charge on any atom is 0.242 e. The van der Waals surface area contributed by atoms with Crippen molar-refractivity contribution >= 4 is 8.32 Å². The summed E-state index contributed by atoms with van der Waals surface area (Å²) in [5.41, 5.74) is 0.489. The van der Waals surface area contributed by atoms with Gasteiger partial charge in [-0.15, -0.1) is 0 Å². The third-order valence-corrected chi connectivity index (χ3v) is 3.39. The van der Waals surface area contributed by atoms with Crippen molar-refractivity contribution in [2.45, 2.75) is 38.1 Å². The van der Waals surface area contributed by atoms with Crippen LogP contribution in [0.15, 0.2) is 24.3 Å². The molecular weight excluding hydrogens is 204 g/mol. The van der Waals surface area contributed by atoms with Crippen molar-refractivity contribution in [2.75, 3.05) is 0 Å². The first-order valence-corrected chi connectivity index (χ1v) is 8.82. The highest BCUT2D eigenvalue weighted by Gasteiger charge is 2.41. The Labute approximate surface area is 92.0 Å². The molecule has 0 aromatic heterocycles. The molecule has 15 heavy (non-hydrogen) atoms. The maximum absolute atomic E-state index is 9.89. The second kappa shape index (κ2) is 3.35. The van der Waals surface area contributed by atoms with Gasteiger partial charge >= 0.3 is 0 Å². The Kier molecular flexibility index (Phi) is 2.39. The molecular formula is C12H18O2Si. The predicted octanol–water partition coefficient (Wildman–Crippen LogP) is 2.88. The molecule has 0 saturated heterocycles. The van der Waals surface area contributed by atoms with Crippen molar-refractivity contribution in [3.05, 3.63) is 29.8 Å². The van der Waals surface area contributed by atoms with Crippen LogP contribution in [0.2, 0.25) is 19.6 Å². The fraction of sp³-hybridized carbons (Fsp3) is 0.500. The van der Waals surface area contributed by atoms with Gasteiger partial charge in [0.25, 0.3) is 0 Å². The zero-order valence-corrected chi connectivity index (χ0v) is 10.6. The number of benzene rings is 1. The first-order valence-electron chi connectivity index (χ1n) is 5.41. The van der Waals surface area contributed by atoms with E-state index in [1.807, 2.05) is 24.3 Å². The Morgan fingerprint density at radius 3 is 2.07 bits per heavy atom. The van der Waals surface area contributed by atoms with Gasteiger partial charge in [-0.3, -0.25) is 0 Å². The highest BCUT2D eigenvalue weighted by Crippen LogP contribution is 2.45. The molecule has 1 aliphatic rings. The predicted molar refractivity (Wildman–Crippen MR) is 63.5 cm³/mol. The summed E-state index contributed by atoms with van der Waals surface area (Å²) >= 11 is 0. The van der Waals surface area contributed by atoms with E-state index in [0.29, 0.717) is 0 Å². The summed E-state index contributed by atoms with van der Waals surface area (Å²) in [6.07, 6.45) is 1.78. The van der Waals surface area contributed by atoms with Crippen LogP contribution in [0.3, 0.4) is 0 Å². The molecule has 0 aliphatic heterocycles. The van der Waals surface area contributed by atoms with Gasteiger partial charge in [0.05, 0.1) is 5.60 Å². The summed E-state index contributed by atoms with van der Waals surface area (Å²) < 4.78 is 5.85. The normalized spacial score (nSPS) is 18.7. The fourth-order valence-corrected chi connectivity index (χ4v) is 2.44. The van der Waals surface area contributed by atoms with Crippen molar-refractivity contribution in [2.24, 2.45) is 0 Å². The molecule has 0 amide bonds. The van der Waals surface area contributed by atoms with Gasteiger partial charge < -0.3 is 9.53 Å². The van der Waals surface area contributed by atoms with Crippen LogP contribution in [0.1, 0.15) is 18.4 Å². The lowest BCUT2D eigenvalue weighted by atomic mass is 10.1. The minimum absolute atomic E-state index is 0.530. The molecule has 1 saturated carbocycles. The molecule has 0 radical (unpaired) electrons. The quantitative estimate of drug-likeness (QED) is 0.797. The number of aliphatic hydroxyl groups is 1. The number of hydrogen-bond donors (Lipinski definition) is 1. The van der Waals surface area contributed by atoms with Crippen molar-refractivity contribution in [1.29, 1.82) is 0 Å². The Balaban J connectivity index is 2.11. The van der Waals surface area contributed by atoms with Crippen LogP contribution in [0.5, 0.6) is 5.75 Å². The van der Waals surface area contributed by atoms with E-state index < -0.39 is 13.9 Å². The first-order chi connectivity index (χ1) is 6.89. The van der Waals surface area contributed by atoms with Gasteiger partial charge in [0, 0.05) is 0 Å². The van der Waals surface area contributed by atoms with Gasteiger partial charge in [-0.25, -0.2) is 0 Å². The van der Waals surface area contributed by atoms with E-state index in [1.165, 1.54) is 0 Å². The van der Waals surface area contributed by atoms with Crippen LogP contribution in [-0.2, 0) is 5.60 Å². The summed E-state index contributed by atoms with van der Waals surface area (Å²) in [5.74, 6) is 0.919. The molecule has 1 aromatic carbocycles. The standard InChI is InChI=1S/C12H18O2Si/c1-15(2,3)14-11-6-4-10(5-7-11)12(13)8-9-12/h4-7,13H,8-9H2,1-3H3. The van der Waals surface area contributed by atoms with Crippen LogP contribution in [-0.4, -0.2) is 13.4 Å². The van der Waals surface area contributed by atoms with Crippen LogP contribution >= 0.6 is 0 Å². The van der Waals surface area contributed by atoms with Crippen LogP contribution in [0.4, 0.5) is 0 Å². The molecule has 1 fully saturated rings. The van der Waals surface area contributed by atoms with Crippen LogP contribution in [0.25, 0.3) is 0 Å². The number of hydrogen-bond acceptors (Lipinski definition) is 2. The van der Waals surface area contributed by atoms with Crippen molar-refractivity contribution in [3.63, 3.8) is 0 Å². The van der Waals surface area contributed by atoms with Gasteiger partial charge in [0.15, 0.2) is 0 Å². The zero-order chi connectivity index (χ0) is 11.1. The third-order valence-electron chi connectivity index (χ3n) is 2.54. The Morgan fingerprint density at radius 2 is 1.67 bits per heavy atom. The fourth-order valence-electron chi connectivity index (χ4n) is 1.59. The van der Waals surface area contributed by atoms with Crippen LogP contribution in [0, 0.1) is 0 Å². The monoisotopic (exact) mass is 222 g/mol. The molecule has 1 aliphatic carbocycles. The van der Waals surface area contributed by atoms with Gasteiger partial charge in [-0.2, -0.15) is 0 Å². The van der Waals surface area contributed by atoms with Crippen molar-refractivity contribution in [3.8, 4) is 5.75 Å². The van der Waals surface area contributed by atoms with E-state index >= 15 is 0 Å². The highest BCUT2D eigenvalue weighted by atomic mass is 28.4. The Bertz CT molecular complexity index is 347. The minimum atomic E-state index is -1.51. The molecule has 3 heteroatoms. The van der Waals surface area contributed by atoms with E-state index in [-0.39, 0.29) is 0 Å². The highest BCUT2D eigenvalue weighted by molar-refractivity contribution is 6.70. The molecule has 1 aromatic rings. The molecule has 82 valence electrons. The smallest absolute Gasteiger partial charge is 0.242 e. The van der Waals surface area contributed by atoms with Crippen molar-refractivity contribution < 1.29 is 9.53 Å². The molecule has 0 unspecified atom stereocenters. The molecule has 0 atom stereocenters. The first kappa shape index (κ1) is 10.7. The molecule has 0 bridgehead atoms. The Morgan fingerprint density at radius 1 is 1.13 bits per heavy atom. The van der Waals surface area contributed by atoms with Crippen LogP contribution < -0.4 is 4.43 Å². The third kappa shape index (κ3) is 2.61. The molecule has 2 nitrogen and oxygen atoms in total. The SMILES string of the molecule is C[Si](C)(C)Oc1ccc(C2(O)CC2)cc1. The maximum atomic E-state index is 9.89. The molecule has 2 rings (SSSR count). The summed E-state index contributed by atoms with van der Waals surface area (Å²) in [5, 5.41) is 9.89. The van der Waals surface area contributed by atoms with Crippen molar-refractivity contribution in [1.82, 2.24) is 0 Å². The topological polar surface area (TPSA) is 29.5 Å². The minimum Gasteiger partial charge on any atom is -0.544 e.